The van der Waals surface area contributed by atoms with Crippen molar-refractivity contribution >= 4 is 12.1 Å². The molecular formula is C13H20F3NO4. The molecule has 0 bridgehead atoms. The van der Waals surface area contributed by atoms with E-state index < -0.39 is 41.7 Å². The van der Waals surface area contributed by atoms with Crippen LogP contribution in [0.1, 0.15) is 34.1 Å². The molecule has 0 spiro atoms. The van der Waals surface area contributed by atoms with E-state index in [1.54, 1.807) is 20.8 Å². The number of alkyl halides is 3. The summed E-state index contributed by atoms with van der Waals surface area (Å²) in [5.74, 6) is -2.73. The number of esters is 1. The van der Waals surface area contributed by atoms with Crippen molar-refractivity contribution in [2.24, 2.45) is 11.3 Å². The molecule has 8 heteroatoms. The number of carbonyl (C=O) groups is 2. The second-order valence-electron chi connectivity index (χ2n) is 6.03. The van der Waals surface area contributed by atoms with E-state index in [9.17, 15) is 22.8 Å². The van der Waals surface area contributed by atoms with E-state index >= 15 is 0 Å². The SMILES string of the molecule is CCOC(=O)[C@@]1(CNC(=O)OC(C)(C)C)C[C@H]1C(F)(F)F. The number of ether oxygens (including phenoxy) is 2. The first kappa shape index (κ1) is 17.6. The van der Waals surface area contributed by atoms with Crippen molar-refractivity contribution in [3.63, 3.8) is 0 Å². The van der Waals surface area contributed by atoms with Crippen molar-refractivity contribution in [3.05, 3.63) is 0 Å². The minimum Gasteiger partial charge on any atom is -0.466 e. The van der Waals surface area contributed by atoms with Crippen LogP contribution in [-0.4, -0.2) is 37.0 Å². The molecule has 1 fully saturated rings. The Labute approximate surface area is 121 Å². The third-order valence-electron chi connectivity index (χ3n) is 3.10. The first-order valence-corrected chi connectivity index (χ1v) is 6.63. The Hall–Kier alpha value is -1.47. The van der Waals surface area contributed by atoms with Crippen LogP contribution < -0.4 is 5.32 Å². The van der Waals surface area contributed by atoms with Crippen LogP contribution in [0.25, 0.3) is 0 Å². The number of halogens is 3. The maximum atomic E-state index is 12.8. The molecule has 1 amide bonds. The quantitative estimate of drug-likeness (QED) is 0.811. The summed E-state index contributed by atoms with van der Waals surface area (Å²) in [5, 5.41) is 2.22. The lowest BCUT2D eigenvalue weighted by molar-refractivity contribution is -0.171. The normalized spacial score (nSPS) is 25.2. The Morgan fingerprint density at radius 1 is 1.29 bits per heavy atom. The fourth-order valence-corrected chi connectivity index (χ4v) is 2.05. The second-order valence-corrected chi connectivity index (χ2v) is 6.03. The third-order valence-corrected chi connectivity index (χ3v) is 3.10. The predicted molar refractivity (Wildman–Crippen MR) is 67.5 cm³/mol. The highest BCUT2D eigenvalue weighted by molar-refractivity contribution is 5.82. The minimum absolute atomic E-state index is 0.0163. The van der Waals surface area contributed by atoms with Crippen molar-refractivity contribution in [1.29, 1.82) is 0 Å². The first-order chi connectivity index (χ1) is 9.42. The molecule has 0 aliphatic heterocycles. The van der Waals surface area contributed by atoms with Crippen LogP contribution in [0.15, 0.2) is 0 Å². The van der Waals surface area contributed by atoms with Gasteiger partial charge in [-0.15, -0.1) is 0 Å². The topological polar surface area (TPSA) is 64.6 Å². The van der Waals surface area contributed by atoms with Crippen LogP contribution in [-0.2, 0) is 14.3 Å². The molecule has 0 saturated heterocycles. The molecular weight excluding hydrogens is 291 g/mol. The van der Waals surface area contributed by atoms with E-state index in [0.29, 0.717) is 0 Å². The minimum atomic E-state index is -4.50. The summed E-state index contributed by atoms with van der Waals surface area (Å²) in [4.78, 5) is 23.3. The Morgan fingerprint density at radius 3 is 2.24 bits per heavy atom. The van der Waals surface area contributed by atoms with Gasteiger partial charge in [-0.05, 0) is 34.1 Å². The molecule has 21 heavy (non-hydrogen) atoms. The summed E-state index contributed by atoms with van der Waals surface area (Å²) in [6.07, 6.45) is -5.74. The molecule has 1 saturated carbocycles. The number of rotatable bonds is 4. The zero-order chi connectivity index (χ0) is 16.5. The van der Waals surface area contributed by atoms with Crippen molar-refractivity contribution in [3.8, 4) is 0 Å². The summed E-state index contributed by atoms with van der Waals surface area (Å²) < 4.78 is 48.0. The van der Waals surface area contributed by atoms with E-state index in [0.717, 1.165) is 0 Å². The Morgan fingerprint density at radius 2 is 1.86 bits per heavy atom. The smallest absolute Gasteiger partial charge is 0.407 e. The highest BCUT2D eigenvalue weighted by atomic mass is 19.4. The largest absolute Gasteiger partial charge is 0.466 e. The lowest BCUT2D eigenvalue weighted by Crippen LogP contribution is -2.40. The highest BCUT2D eigenvalue weighted by Crippen LogP contribution is 2.60. The van der Waals surface area contributed by atoms with Gasteiger partial charge in [0.05, 0.1) is 17.9 Å². The van der Waals surface area contributed by atoms with Crippen molar-refractivity contribution < 1.29 is 32.2 Å². The summed E-state index contributed by atoms with van der Waals surface area (Å²) in [7, 11) is 0. The van der Waals surface area contributed by atoms with Gasteiger partial charge >= 0.3 is 18.2 Å². The zero-order valence-corrected chi connectivity index (χ0v) is 12.5. The van der Waals surface area contributed by atoms with Crippen molar-refractivity contribution in [1.82, 2.24) is 5.32 Å². The molecule has 5 nitrogen and oxygen atoms in total. The summed E-state index contributed by atoms with van der Waals surface area (Å²) in [6.45, 7) is 5.93. The average Bonchev–Trinajstić information content (AvgIpc) is 3.00. The molecule has 1 aliphatic rings. The van der Waals surface area contributed by atoms with E-state index in [1.165, 1.54) is 6.92 Å². The van der Waals surface area contributed by atoms with Gasteiger partial charge in [0, 0.05) is 6.54 Å². The van der Waals surface area contributed by atoms with Crippen molar-refractivity contribution in [2.45, 2.75) is 45.9 Å². The number of hydrogen-bond donors (Lipinski definition) is 1. The highest BCUT2D eigenvalue weighted by Gasteiger charge is 2.71. The van der Waals surface area contributed by atoms with Gasteiger partial charge in [0.1, 0.15) is 5.60 Å². The van der Waals surface area contributed by atoms with Gasteiger partial charge in [0.2, 0.25) is 0 Å². The van der Waals surface area contributed by atoms with Crippen LogP contribution in [0.4, 0.5) is 18.0 Å². The fraction of sp³-hybridized carbons (Fsp3) is 0.846. The first-order valence-electron chi connectivity index (χ1n) is 6.63. The maximum absolute atomic E-state index is 12.8. The molecule has 0 aromatic heterocycles. The van der Waals surface area contributed by atoms with Gasteiger partial charge in [-0.3, -0.25) is 4.79 Å². The molecule has 2 atom stereocenters. The molecule has 0 heterocycles. The number of hydrogen-bond acceptors (Lipinski definition) is 4. The number of nitrogens with one attached hydrogen (secondary N) is 1. The lowest BCUT2D eigenvalue weighted by atomic mass is 10.0. The van der Waals surface area contributed by atoms with Gasteiger partial charge in [-0.25, -0.2) is 4.79 Å². The van der Waals surface area contributed by atoms with Crippen LogP contribution in [0.3, 0.4) is 0 Å². The Bertz CT molecular complexity index is 417. The Balaban J connectivity index is 2.70. The van der Waals surface area contributed by atoms with Crippen LogP contribution in [0.5, 0.6) is 0 Å². The van der Waals surface area contributed by atoms with E-state index in [-0.39, 0.29) is 13.0 Å². The number of alkyl carbamates (subject to hydrolysis) is 1. The van der Waals surface area contributed by atoms with E-state index in [2.05, 4.69) is 5.32 Å². The zero-order valence-electron chi connectivity index (χ0n) is 12.5. The average molecular weight is 311 g/mol. The van der Waals surface area contributed by atoms with Gasteiger partial charge in [-0.2, -0.15) is 13.2 Å². The molecule has 0 aromatic rings. The summed E-state index contributed by atoms with van der Waals surface area (Å²) in [6, 6.07) is 0. The molecule has 1 aliphatic carbocycles. The monoisotopic (exact) mass is 311 g/mol. The fourth-order valence-electron chi connectivity index (χ4n) is 2.05. The van der Waals surface area contributed by atoms with Crippen LogP contribution in [0.2, 0.25) is 0 Å². The molecule has 1 N–H and O–H groups in total. The molecule has 0 aromatic carbocycles. The van der Waals surface area contributed by atoms with Crippen LogP contribution >= 0.6 is 0 Å². The number of carbonyl (C=O) groups excluding carboxylic acids is 2. The second kappa shape index (κ2) is 5.73. The van der Waals surface area contributed by atoms with E-state index in [4.69, 9.17) is 9.47 Å². The third kappa shape index (κ3) is 4.50. The van der Waals surface area contributed by atoms with E-state index in [1.807, 2.05) is 0 Å². The van der Waals surface area contributed by atoms with Gasteiger partial charge in [0.25, 0.3) is 0 Å². The van der Waals surface area contributed by atoms with Gasteiger partial charge < -0.3 is 14.8 Å². The number of amides is 1. The van der Waals surface area contributed by atoms with Gasteiger partial charge in [0.15, 0.2) is 0 Å². The molecule has 1 rings (SSSR count). The lowest BCUT2D eigenvalue weighted by Gasteiger charge is -2.22. The van der Waals surface area contributed by atoms with Gasteiger partial charge in [-0.1, -0.05) is 0 Å². The van der Waals surface area contributed by atoms with Crippen LogP contribution in [0, 0.1) is 11.3 Å². The molecule has 0 unspecified atom stereocenters. The maximum Gasteiger partial charge on any atom is 0.407 e. The predicted octanol–water partition coefficient (Wildman–Crippen LogP) is 2.64. The molecule has 122 valence electrons. The Kier molecular flexibility index (Phi) is 4.80. The molecule has 0 radical (unpaired) electrons. The standard InChI is InChI=1S/C13H20F3NO4/c1-5-20-9(18)12(6-8(12)13(14,15)16)7-17-10(19)21-11(2,3)4/h8H,5-7H2,1-4H3,(H,17,19)/t8-,12-/m1/s1. The summed E-state index contributed by atoms with van der Waals surface area (Å²) in [5.41, 5.74) is -2.50. The summed E-state index contributed by atoms with van der Waals surface area (Å²) >= 11 is 0. The van der Waals surface area contributed by atoms with Crippen molar-refractivity contribution in [2.75, 3.05) is 13.2 Å².